The van der Waals surface area contributed by atoms with Gasteiger partial charge in [0.1, 0.15) is 0 Å². The molecular formula is C2H3F3Li2O5S. The maximum Gasteiger partial charge on any atom is 1.00 e. The molecule has 13 heavy (non-hydrogen) atoms. The van der Waals surface area contributed by atoms with Crippen LogP contribution in [0.3, 0.4) is 0 Å². The number of rotatable bonds is 1. The summed E-state index contributed by atoms with van der Waals surface area (Å²) >= 11 is 0. The van der Waals surface area contributed by atoms with Crippen molar-refractivity contribution in [2.24, 2.45) is 0 Å². The van der Waals surface area contributed by atoms with Gasteiger partial charge in [-0.3, -0.25) is 8.42 Å². The maximum atomic E-state index is 10.6. The molecule has 0 radical (unpaired) electrons. The minimum Gasteiger partial charge on any atom is -0.759 e. The van der Waals surface area contributed by atoms with E-state index in [0.29, 0.717) is 0 Å². The molecule has 0 spiro atoms. The molecule has 0 aliphatic carbocycles. The van der Waals surface area contributed by atoms with Crippen LogP contribution in [0, 0.1) is 0 Å². The van der Waals surface area contributed by atoms with Crippen molar-refractivity contribution in [3.8, 4) is 0 Å². The van der Waals surface area contributed by atoms with Crippen molar-refractivity contribution in [3.63, 3.8) is 0 Å². The molecule has 0 rings (SSSR count). The summed E-state index contributed by atoms with van der Waals surface area (Å²) < 4.78 is 65.8. The Morgan fingerprint density at radius 3 is 1.31 bits per heavy atom. The fourth-order valence-electron chi connectivity index (χ4n) is 0. The molecule has 0 atom stereocenters. The van der Waals surface area contributed by atoms with Crippen molar-refractivity contribution < 1.29 is 73.5 Å². The van der Waals surface area contributed by atoms with Crippen LogP contribution in [0.15, 0.2) is 0 Å². The summed E-state index contributed by atoms with van der Waals surface area (Å²) in [7, 11) is -5.17. The van der Waals surface area contributed by atoms with E-state index in [1.165, 1.54) is 0 Å². The summed E-state index contributed by atoms with van der Waals surface area (Å²) in [4.78, 5) is 0. The van der Waals surface area contributed by atoms with Crippen LogP contribution in [-0.2, 0) is 10.4 Å². The molecule has 70 valence electrons. The molecule has 0 unspecified atom stereocenters. The first-order chi connectivity index (χ1) is 4.56. The SMILES string of the molecule is O=S(=O)([O-])[O-].OC(F)(F)CF.[Li+].[Li+]. The van der Waals surface area contributed by atoms with Crippen LogP contribution >= 0.6 is 0 Å². The molecule has 0 saturated heterocycles. The Morgan fingerprint density at radius 1 is 1.23 bits per heavy atom. The van der Waals surface area contributed by atoms with Crippen LogP contribution in [0.4, 0.5) is 13.2 Å². The second-order valence-electron chi connectivity index (χ2n) is 1.21. The van der Waals surface area contributed by atoms with Gasteiger partial charge in [0, 0.05) is 10.4 Å². The molecule has 0 fully saturated rings. The third-order valence-corrected chi connectivity index (χ3v) is 0.161. The first kappa shape index (κ1) is 23.6. The monoisotopic (exact) mass is 210 g/mol. The van der Waals surface area contributed by atoms with Crippen LogP contribution in [0.25, 0.3) is 0 Å². The zero-order valence-electron chi connectivity index (χ0n) is 6.83. The molecule has 1 N–H and O–H groups in total. The van der Waals surface area contributed by atoms with Gasteiger partial charge in [0.05, 0.1) is 0 Å². The average molecular weight is 210 g/mol. The van der Waals surface area contributed by atoms with E-state index in [4.69, 9.17) is 22.6 Å². The number of alkyl halides is 3. The molecule has 0 amide bonds. The van der Waals surface area contributed by atoms with E-state index in [9.17, 15) is 13.2 Å². The van der Waals surface area contributed by atoms with Crippen molar-refractivity contribution >= 4 is 10.4 Å². The third-order valence-electron chi connectivity index (χ3n) is 0.161. The van der Waals surface area contributed by atoms with Gasteiger partial charge in [-0.05, 0) is 0 Å². The van der Waals surface area contributed by atoms with Crippen molar-refractivity contribution in [2.75, 3.05) is 6.67 Å². The second-order valence-corrected chi connectivity index (χ2v) is 2.02. The van der Waals surface area contributed by atoms with E-state index in [0.717, 1.165) is 0 Å². The maximum absolute atomic E-state index is 10.6. The van der Waals surface area contributed by atoms with E-state index < -0.39 is 23.2 Å². The minimum atomic E-state index is -5.17. The van der Waals surface area contributed by atoms with Crippen LogP contribution in [0.2, 0.25) is 0 Å². The first-order valence-corrected chi connectivity index (χ1v) is 3.22. The molecule has 0 heterocycles. The average Bonchev–Trinajstić information content (AvgIpc) is 1.59. The Morgan fingerprint density at radius 2 is 1.31 bits per heavy atom. The largest absolute Gasteiger partial charge is 1.00 e. The predicted octanol–water partition coefficient (Wildman–Crippen LogP) is -6.79. The van der Waals surface area contributed by atoms with Crippen molar-refractivity contribution in [1.29, 1.82) is 0 Å². The minimum absolute atomic E-state index is 0. The molecule has 0 bridgehead atoms. The van der Waals surface area contributed by atoms with Crippen molar-refractivity contribution in [2.45, 2.75) is 6.11 Å². The normalized spacial score (nSPS) is 10.0. The fraction of sp³-hybridized carbons (Fsp3) is 1.00. The van der Waals surface area contributed by atoms with Gasteiger partial charge in [-0.25, -0.2) is 4.39 Å². The Kier molecular flexibility index (Phi) is 17.0. The van der Waals surface area contributed by atoms with Crippen LogP contribution < -0.4 is 37.7 Å². The number of hydrogen-bond donors (Lipinski definition) is 1. The van der Waals surface area contributed by atoms with Gasteiger partial charge < -0.3 is 14.2 Å². The van der Waals surface area contributed by atoms with Crippen LogP contribution in [0.1, 0.15) is 0 Å². The first-order valence-electron chi connectivity index (χ1n) is 1.89. The van der Waals surface area contributed by atoms with Crippen LogP contribution in [0.5, 0.6) is 0 Å². The predicted molar refractivity (Wildman–Crippen MR) is 23.6 cm³/mol. The topological polar surface area (TPSA) is 100 Å². The molecular weight excluding hydrogens is 207 g/mol. The van der Waals surface area contributed by atoms with E-state index in [1.807, 2.05) is 0 Å². The third kappa shape index (κ3) is 103. The molecule has 0 aromatic carbocycles. The Bertz CT molecular complexity index is 180. The zero-order valence-corrected chi connectivity index (χ0v) is 7.65. The summed E-state index contributed by atoms with van der Waals surface area (Å²) in [6.45, 7) is -2.01. The quantitative estimate of drug-likeness (QED) is 0.263. The van der Waals surface area contributed by atoms with Gasteiger partial charge in [-0.1, -0.05) is 0 Å². The summed E-state index contributed by atoms with van der Waals surface area (Å²) in [5.74, 6) is 0. The van der Waals surface area contributed by atoms with Crippen LogP contribution in [-0.4, -0.2) is 35.4 Å². The van der Waals surface area contributed by atoms with E-state index in [-0.39, 0.29) is 37.7 Å². The second kappa shape index (κ2) is 9.37. The zero-order chi connectivity index (χ0) is 9.71. The van der Waals surface area contributed by atoms with Gasteiger partial charge in [0.2, 0.25) is 0 Å². The molecule has 0 aromatic rings. The molecule has 0 aliphatic heterocycles. The number of hydrogen-bond acceptors (Lipinski definition) is 5. The van der Waals surface area contributed by atoms with E-state index >= 15 is 0 Å². The number of aliphatic hydroxyl groups is 1. The smallest absolute Gasteiger partial charge is 0.759 e. The standard InChI is InChI=1S/C2H3F3O.2Li.H2O4S/c3-1-2(4,5)6;;;1-5(2,3)4/h6H,1H2;;;(H2,1,2,3,4)/q;2*+1;/p-2. The molecule has 5 nitrogen and oxygen atoms in total. The fourth-order valence-corrected chi connectivity index (χ4v) is 0. The summed E-state index contributed by atoms with van der Waals surface area (Å²) in [5, 5.41) is 7.12. The molecule has 11 heteroatoms. The summed E-state index contributed by atoms with van der Waals surface area (Å²) in [6.07, 6.45) is -4.12. The van der Waals surface area contributed by atoms with Crippen molar-refractivity contribution in [1.82, 2.24) is 0 Å². The Hall–Kier alpha value is 0.815. The summed E-state index contributed by atoms with van der Waals surface area (Å²) in [6, 6.07) is 0. The Balaban J connectivity index is -0.0000000546. The van der Waals surface area contributed by atoms with Gasteiger partial charge in [-0.15, -0.1) is 0 Å². The van der Waals surface area contributed by atoms with Gasteiger partial charge in [0.15, 0.2) is 6.67 Å². The molecule has 0 aliphatic rings. The van der Waals surface area contributed by atoms with Gasteiger partial charge in [-0.2, -0.15) is 8.78 Å². The molecule has 0 aromatic heterocycles. The van der Waals surface area contributed by atoms with Gasteiger partial charge in [0.25, 0.3) is 0 Å². The van der Waals surface area contributed by atoms with E-state index in [2.05, 4.69) is 0 Å². The number of halogens is 3. The Labute approximate surface area is 96.6 Å². The van der Waals surface area contributed by atoms with E-state index in [1.54, 1.807) is 0 Å². The molecule has 0 saturated carbocycles. The summed E-state index contributed by atoms with van der Waals surface area (Å²) in [5.41, 5.74) is 0. The van der Waals surface area contributed by atoms with Gasteiger partial charge >= 0.3 is 43.8 Å². The van der Waals surface area contributed by atoms with Crippen molar-refractivity contribution in [3.05, 3.63) is 0 Å².